The Morgan fingerprint density at radius 1 is 1.23 bits per heavy atom. The van der Waals surface area contributed by atoms with E-state index in [1.807, 2.05) is 17.5 Å². The molecular formula is C21H17ClF2NO3PS. The summed E-state index contributed by atoms with van der Waals surface area (Å²) in [5.41, 5.74) is 0.123. The summed E-state index contributed by atoms with van der Waals surface area (Å²) in [5, 5.41) is 6.01. The number of carbonyl (C=O) groups excluding carboxylic acids is 1. The number of rotatable bonds is 5. The van der Waals surface area contributed by atoms with Crippen LogP contribution in [0, 0.1) is 11.6 Å². The van der Waals surface area contributed by atoms with Gasteiger partial charge in [0.25, 0.3) is 0 Å². The van der Waals surface area contributed by atoms with E-state index >= 15 is 0 Å². The van der Waals surface area contributed by atoms with Gasteiger partial charge in [-0.1, -0.05) is 23.7 Å². The van der Waals surface area contributed by atoms with E-state index in [0.29, 0.717) is 18.2 Å². The van der Waals surface area contributed by atoms with Crippen LogP contribution in [0.1, 0.15) is 23.2 Å². The predicted octanol–water partition coefficient (Wildman–Crippen LogP) is 6.41. The number of thiophene rings is 1. The Balaban J connectivity index is 1.62. The highest BCUT2D eigenvalue weighted by atomic mass is 35.5. The van der Waals surface area contributed by atoms with Crippen molar-refractivity contribution in [2.75, 3.05) is 13.2 Å². The van der Waals surface area contributed by atoms with E-state index in [4.69, 9.17) is 20.6 Å². The standard InChI is InChI=1S/C21H17ClF2NO3PS/c22-14-5-6-18-15(11-14)16(12-30-18)20(29-27-9-2-10-28-29)21(26)25-8-7-13-3-1-4-17(23)19(13)24/h1,3-8,11-12,20H,2,9-10H2,(H,25,26). The molecule has 9 heteroatoms. The minimum Gasteiger partial charge on any atom is -0.333 e. The largest absolute Gasteiger partial charge is 0.333 e. The average Bonchev–Trinajstić information content (AvgIpc) is 3.15. The molecule has 0 bridgehead atoms. The fourth-order valence-corrected chi connectivity index (χ4v) is 6.02. The third-order valence-electron chi connectivity index (χ3n) is 4.51. The van der Waals surface area contributed by atoms with Crippen molar-refractivity contribution in [1.29, 1.82) is 0 Å². The number of halogens is 3. The first-order valence-corrected chi connectivity index (χ1v) is 11.7. The molecule has 1 saturated heterocycles. The lowest BCUT2D eigenvalue weighted by atomic mass is 10.1. The maximum atomic E-state index is 13.8. The Morgan fingerprint density at radius 3 is 2.83 bits per heavy atom. The molecule has 1 aromatic heterocycles. The monoisotopic (exact) mass is 467 g/mol. The van der Waals surface area contributed by atoms with Crippen LogP contribution in [-0.4, -0.2) is 19.1 Å². The Kier molecular flexibility index (Phi) is 6.76. The quantitative estimate of drug-likeness (QED) is 0.441. The highest BCUT2D eigenvalue weighted by Crippen LogP contribution is 2.56. The molecule has 1 atom stereocenters. The molecule has 0 radical (unpaired) electrons. The van der Waals surface area contributed by atoms with Gasteiger partial charge in [0, 0.05) is 21.5 Å². The fraction of sp³-hybridized carbons (Fsp3) is 0.190. The van der Waals surface area contributed by atoms with E-state index in [1.54, 1.807) is 6.07 Å². The lowest BCUT2D eigenvalue weighted by Gasteiger charge is -2.28. The van der Waals surface area contributed by atoms with Crippen molar-refractivity contribution in [1.82, 2.24) is 5.32 Å². The van der Waals surface area contributed by atoms with Gasteiger partial charge in [0.1, 0.15) is 5.66 Å². The lowest BCUT2D eigenvalue weighted by Crippen LogP contribution is -2.26. The minimum atomic E-state index is -1.51. The molecule has 4 rings (SSSR count). The van der Waals surface area contributed by atoms with Crippen LogP contribution < -0.4 is 5.32 Å². The van der Waals surface area contributed by atoms with Crippen molar-refractivity contribution in [3.63, 3.8) is 0 Å². The number of carbonyl (C=O) groups is 1. The first-order valence-electron chi connectivity index (χ1n) is 9.17. The van der Waals surface area contributed by atoms with Gasteiger partial charge in [0.05, 0.1) is 13.2 Å². The molecule has 156 valence electrons. The van der Waals surface area contributed by atoms with E-state index in [-0.39, 0.29) is 11.5 Å². The molecule has 1 fully saturated rings. The number of amides is 1. The molecule has 1 aliphatic rings. The van der Waals surface area contributed by atoms with E-state index in [2.05, 4.69) is 5.32 Å². The molecule has 1 amide bonds. The van der Waals surface area contributed by atoms with Gasteiger partial charge in [-0.25, -0.2) is 8.78 Å². The molecule has 1 aliphatic heterocycles. The van der Waals surface area contributed by atoms with Gasteiger partial charge in [0.15, 0.2) is 20.0 Å². The number of benzene rings is 2. The third kappa shape index (κ3) is 4.56. The number of hydrogen-bond acceptors (Lipinski definition) is 4. The number of nitrogens with one attached hydrogen (secondary N) is 1. The van der Waals surface area contributed by atoms with Gasteiger partial charge < -0.3 is 14.4 Å². The molecule has 0 aliphatic carbocycles. The normalized spacial score (nSPS) is 16.2. The van der Waals surface area contributed by atoms with Crippen LogP contribution in [0.5, 0.6) is 0 Å². The molecule has 2 aromatic carbocycles. The van der Waals surface area contributed by atoms with Crippen LogP contribution in [0.25, 0.3) is 16.2 Å². The zero-order valence-electron chi connectivity index (χ0n) is 15.6. The maximum absolute atomic E-state index is 13.8. The summed E-state index contributed by atoms with van der Waals surface area (Å²) in [5.74, 6) is -2.27. The van der Waals surface area contributed by atoms with Gasteiger partial charge in [-0.05, 0) is 53.1 Å². The SMILES string of the molecule is O=C(NC=Cc1cccc(F)c1F)C(c1csc2ccc(Cl)cc12)P1OCCCO1. The van der Waals surface area contributed by atoms with Crippen LogP contribution >= 0.6 is 31.3 Å². The van der Waals surface area contributed by atoms with Crippen LogP contribution in [0.15, 0.2) is 48.0 Å². The van der Waals surface area contributed by atoms with Crippen molar-refractivity contribution in [3.8, 4) is 0 Å². The Labute approximate surface area is 182 Å². The average molecular weight is 468 g/mol. The maximum Gasteiger partial charge on any atom is 0.240 e. The summed E-state index contributed by atoms with van der Waals surface area (Å²) in [6.07, 6.45) is 3.38. The highest BCUT2D eigenvalue weighted by molar-refractivity contribution is 7.49. The smallest absolute Gasteiger partial charge is 0.240 e. The second-order valence-corrected chi connectivity index (χ2v) is 9.48. The molecule has 30 heavy (non-hydrogen) atoms. The second-order valence-electron chi connectivity index (χ2n) is 6.52. The van der Waals surface area contributed by atoms with Gasteiger partial charge in [-0.15, -0.1) is 11.3 Å². The molecule has 1 unspecified atom stereocenters. The summed E-state index contributed by atoms with van der Waals surface area (Å²) in [4.78, 5) is 13.1. The number of hydrogen-bond donors (Lipinski definition) is 1. The van der Waals surface area contributed by atoms with Crippen LogP contribution in [0.4, 0.5) is 8.78 Å². The summed E-state index contributed by atoms with van der Waals surface area (Å²) in [6, 6.07) is 9.38. The van der Waals surface area contributed by atoms with E-state index in [1.165, 1.54) is 35.7 Å². The van der Waals surface area contributed by atoms with E-state index < -0.39 is 25.7 Å². The highest BCUT2D eigenvalue weighted by Gasteiger charge is 2.35. The van der Waals surface area contributed by atoms with Crippen molar-refractivity contribution < 1.29 is 22.6 Å². The molecular weight excluding hydrogens is 451 g/mol. The molecule has 0 saturated carbocycles. The van der Waals surface area contributed by atoms with Crippen LogP contribution in [0.3, 0.4) is 0 Å². The lowest BCUT2D eigenvalue weighted by molar-refractivity contribution is -0.120. The zero-order chi connectivity index (χ0) is 21.1. The predicted molar refractivity (Wildman–Crippen MR) is 117 cm³/mol. The molecule has 0 spiro atoms. The summed E-state index contributed by atoms with van der Waals surface area (Å²) >= 11 is 7.67. The third-order valence-corrected chi connectivity index (χ3v) is 7.54. The van der Waals surface area contributed by atoms with Crippen molar-refractivity contribution in [2.45, 2.75) is 12.1 Å². The Hall–Kier alpha value is -1.89. The molecule has 2 heterocycles. The van der Waals surface area contributed by atoms with E-state index in [9.17, 15) is 13.6 Å². The first kappa shape index (κ1) is 21.3. The van der Waals surface area contributed by atoms with Crippen LogP contribution in [0.2, 0.25) is 5.02 Å². The van der Waals surface area contributed by atoms with E-state index in [0.717, 1.165) is 28.1 Å². The van der Waals surface area contributed by atoms with Gasteiger partial charge >= 0.3 is 0 Å². The van der Waals surface area contributed by atoms with Crippen molar-refractivity contribution in [2.24, 2.45) is 0 Å². The van der Waals surface area contributed by atoms with Gasteiger partial charge in [-0.3, -0.25) is 4.79 Å². The summed E-state index contributed by atoms with van der Waals surface area (Å²) < 4.78 is 39.8. The minimum absolute atomic E-state index is 0.0375. The second kappa shape index (κ2) is 9.50. The van der Waals surface area contributed by atoms with Gasteiger partial charge in [0.2, 0.25) is 5.91 Å². The first-order chi connectivity index (χ1) is 14.5. The molecule has 1 N–H and O–H groups in total. The summed E-state index contributed by atoms with van der Waals surface area (Å²) in [7, 11) is -1.51. The number of fused-ring (bicyclic) bond motifs is 1. The zero-order valence-corrected chi connectivity index (χ0v) is 18.1. The fourth-order valence-electron chi connectivity index (χ4n) is 3.08. The topological polar surface area (TPSA) is 47.6 Å². The Morgan fingerprint density at radius 2 is 2.03 bits per heavy atom. The van der Waals surface area contributed by atoms with Crippen molar-refractivity contribution >= 4 is 53.4 Å². The van der Waals surface area contributed by atoms with Gasteiger partial charge in [-0.2, -0.15) is 0 Å². The van der Waals surface area contributed by atoms with Crippen molar-refractivity contribution in [3.05, 3.63) is 75.8 Å². The molecule has 3 aromatic rings. The Bertz CT molecular complexity index is 1100. The molecule has 4 nitrogen and oxygen atoms in total. The van der Waals surface area contributed by atoms with Crippen LogP contribution in [-0.2, 0) is 13.8 Å². The summed E-state index contributed by atoms with van der Waals surface area (Å²) in [6.45, 7) is 1.03.